The molecule has 650 valence electrons. The second-order valence-corrected chi connectivity index (χ2v) is 37.8. The highest BCUT2D eigenvalue weighted by Crippen LogP contribution is 2.24. The van der Waals surface area contributed by atoms with Gasteiger partial charge in [-0.2, -0.15) is 0 Å². The Kier molecular flexibility index (Phi) is 107. The molecule has 0 radical (unpaired) electrons. The molecule has 0 aromatic carbocycles. The van der Waals surface area contributed by atoms with E-state index in [1.165, 1.54) is 681 Å². The molecule has 0 fully saturated rings. The summed E-state index contributed by atoms with van der Waals surface area (Å²) in [5, 5.41) is 0. The largest absolute Gasteiger partial charge is 0.0654 e. The van der Waals surface area contributed by atoms with Crippen molar-refractivity contribution in [1.29, 1.82) is 0 Å². The van der Waals surface area contributed by atoms with Crippen molar-refractivity contribution in [2.75, 3.05) is 0 Å². The number of rotatable bonds is 105. The third kappa shape index (κ3) is 106. The summed E-state index contributed by atoms with van der Waals surface area (Å²) >= 11 is 0. The van der Waals surface area contributed by atoms with Crippen molar-refractivity contribution >= 4 is 0 Å². The standard InChI is InChI=1S/C108H218/c1-3-5-7-9-11-13-15-17-19-21-23-25-27-29-31-33-35-37-39-41-43-45-47-49-51-53-55-57-59-61-63-65-67-69-71-73-75-77-79-81-83-85-87-89-91-93-95-97-99-101-103-105-107-108-106-104-102-100-98-96-94-92-90-88-86-84-82-80-78-76-74-72-70-68-66-64-62-60-58-56-54-52-50-48-46-44-42-40-38-36-34-32-30-28-26-24-22-20-18-16-14-12-10-8-6-4-2/h3-108H2,1-2H3. The minimum Gasteiger partial charge on any atom is -0.0654 e. The predicted molar refractivity (Wildman–Crippen MR) is 501 cm³/mol. The van der Waals surface area contributed by atoms with Crippen LogP contribution in [0.1, 0.15) is 694 Å². The Morgan fingerprint density at radius 2 is 0.0741 bits per heavy atom. The van der Waals surface area contributed by atoms with E-state index in [2.05, 4.69) is 13.8 Å². The van der Waals surface area contributed by atoms with E-state index >= 15 is 0 Å². The fraction of sp³-hybridized carbons (Fsp3) is 1.00. The summed E-state index contributed by atoms with van der Waals surface area (Å²) in [6.07, 6.45) is 158. The molecule has 0 aliphatic carbocycles. The summed E-state index contributed by atoms with van der Waals surface area (Å²) < 4.78 is 0. The molecule has 0 unspecified atom stereocenters. The fourth-order valence-electron chi connectivity index (χ4n) is 18.5. The van der Waals surface area contributed by atoms with Crippen molar-refractivity contribution in [1.82, 2.24) is 0 Å². The highest BCUT2D eigenvalue weighted by Gasteiger charge is 2.05. The Balaban J connectivity index is 3.09. The van der Waals surface area contributed by atoms with Gasteiger partial charge in [-0.1, -0.05) is 694 Å². The first-order chi connectivity index (χ1) is 53.9. The number of hydrogen-bond donors (Lipinski definition) is 0. The van der Waals surface area contributed by atoms with Gasteiger partial charge in [-0.15, -0.1) is 0 Å². The molecule has 0 spiro atoms. The van der Waals surface area contributed by atoms with E-state index in [0.29, 0.717) is 0 Å². The lowest BCUT2D eigenvalue weighted by Gasteiger charge is -2.05. The maximum atomic E-state index is 2.32. The van der Waals surface area contributed by atoms with Crippen LogP contribution >= 0.6 is 0 Å². The Hall–Kier alpha value is 0. The van der Waals surface area contributed by atoms with E-state index in [1.54, 1.807) is 0 Å². The first-order valence-electron chi connectivity index (χ1n) is 53.9. The lowest BCUT2D eigenvalue weighted by Crippen LogP contribution is -1.85. The zero-order valence-corrected chi connectivity index (χ0v) is 77.0. The van der Waals surface area contributed by atoms with Crippen molar-refractivity contribution in [3.05, 3.63) is 0 Å². The van der Waals surface area contributed by atoms with Crippen LogP contribution in [-0.2, 0) is 0 Å². The van der Waals surface area contributed by atoms with Crippen molar-refractivity contribution in [3.8, 4) is 0 Å². The molecule has 0 saturated carbocycles. The highest BCUT2D eigenvalue weighted by molar-refractivity contribution is 4.60. The lowest BCUT2D eigenvalue weighted by molar-refractivity contribution is 0.505. The monoisotopic (exact) mass is 1520 g/mol. The quantitative estimate of drug-likeness (QED) is 0.0533. The van der Waals surface area contributed by atoms with E-state index in [9.17, 15) is 0 Å². The predicted octanol–water partition coefficient (Wildman–Crippen LogP) is 42.4. The van der Waals surface area contributed by atoms with Crippen LogP contribution in [0.15, 0.2) is 0 Å². The van der Waals surface area contributed by atoms with Gasteiger partial charge in [-0.05, 0) is 0 Å². The number of unbranched alkanes of at least 4 members (excludes halogenated alkanes) is 105. The zero-order chi connectivity index (χ0) is 77.0. The first kappa shape index (κ1) is 108. The minimum atomic E-state index is 1.37. The Bertz CT molecular complexity index is 1300. The molecule has 108 heavy (non-hydrogen) atoms. The summed E-state index contributed by atoms with van der Waals surface area (Å²) in [7, 11) is 0. The molecule has 0 aliphatic rings. The van der Waals surface area contributed by atoms with Crippen LogP contribution in [0.5, 0.6) is 0 Å². The topological polar surface area (TPSA) is 0 Å². The van der Waals surface area contributed by atoms with E-state index in [-0.39, 0.29) is 0 Å². The summed E-state index contributed by atoms with van der Waals surface area (Å²) in [5.74, 6) is 0. The van der Waals surface area contributed by atoms with Crippen LogP contribution in [-0.4, -0.2) is 0 Å². The summed E-state index contributed by atoms with van der Waals surface area (Å²) in [6.45, 7) is 4.64. The Morgan fingerprint density at radius 1 is 0.0463 bits per heavy atom. The van der Waals surface area contributed by atoms with Crippen LogP contribution in [0.4, 0.5) is 0 Å². The summed E-state index contributed by atoms with van der Waals surface area (Å²) in [5.41, 5.74) is 0. The van der Waals surface area contributed by atoms with Gasteiger partial charge in [-0.25, -0.2) is 0 Å². The van der Waals surface area contributed by atoms with Gasteiger partial charge in [0, 0.05) is 0 Å². The SMILES string of the molecule is CCCCCCCCCCCCCCCCCCCCCCCCCCCCCCCCCCCCCCCCCCCCCCCCCCCCCCCCCCCCCCCCCCCCCCCCCCCCCCCCCCCCCCCCCCCCCCCCCCCCCCCCCCCC. The van der Waals surface area contributed by atoms with Crippen molar-refractivity contribution in [3.63, 3.8) is 0 Å². The van der Waals surface area contributed by atoms with Crippen molar-refractivity contribution in [2.45, 2.75) is 694 Å². The third-order valence-electron chi connectivity index (χ3n) is 26.5. The van der Waals surface area contributed by atoms with Gasteiger partial charge >= 0.3 is 0 Å². The third-order valence-corrected chi connectivity index (χ3v) is 26.5. The molecule has 0 amide bonds. The van der Waals surface area contributed by atoms with E-state index in [1.807, 2.05) is 0 Å². The molecule has 0 aromatic rings. The van der Waals surface area contributed by atoms with Gasteiger partial charge in [-0.3, -0.25) is 0 Å². The fourth-order valence-corrected chi connectivity index (χ4v) is 18.5. The van der Waals surface area contributed by atoms with Gasteiger partial charge in [0.25, 0.3) is 0 Å². The molecule has 0 aromatic heterocycles. The molecule has 0 aliphatic heterocycles. The van der Waals surface area contributed by atoms with Gasteiger partial charge in [0.2, 0.25) is 0 Å². The molecule has 0 heterocycles. The van der Waals surface area contributed by atoms with Gasteiger partial charge in [0.1, 0.15) is 0 Å². The second-order valence-electron chi connectivity index (χ2n) is 37.8. The summed E-state index contributed by atoms with van der Waals surface area (Å²) in [4.78, 5) is 0. The maximum Gasteiger partial charge on any atom is -0.0533 e. The van der Waals surface area contributed by atoms with E-state index in [4.69, 9.17) is 0 Å². The Labute approximate surface area is 690 Å². The van der Waals surface area contributed by atoms with Crippen LogP contribution < -0.4 is 0 Å². The van der Waals surface area contributed by atoms with Gasteiger partial charge in [0.15, 0.2) is 0 Å². The Morgan fingerprint density at radius 3 is 0.102 bits per heavy atom. The lowest BCUT2D eigenvalue weighted by atomic mass is 10.0. The maximum absolute atomic E-state index is 2.32. The van der Waals surface area contributed by atoms with Crippen molar-refractivity contribution < 1.29 is 0 Å². The normalized spacial score (nSPS) is 11.8. The zero-order valence-electron chi connectivity index (χ0n) is 77.0. The minimum absolute atomic E-state index is 1.37. The molecular formula is C108H218. The molecule has 0 nitrogen and oxygen atoms in total. The molecule has 0 bridgehead atoms. The van der Waals surface area contributed by atoms with Crippen LogP contribution in [0.3, 0.4) is 0 Å². The average molecular weight is 1520 g/mol. The first-order valence-corrected chi connectivity index (χ1v) is 53.9. The molecule has 0 saturated heterocycles. The molecular weight excluding hydrogens is 1300 g/mol. The molecule has 0 heteroatoms. The second kappa shape index (κ2) is 107. The van der Waals surface area contributed by atoms with Crippen LogP contribution in [0.25, 0.3) is 0 Å². The molecule has 0 rings (SSSR count). The van der Waals surface area contributed by atoms with Gasteiger partial charge < -0.3 is 0 Å². The average Bonchev–Trinajstić information content (AvgIpc) is 3.89. The smallest absolute Gasteiger partial charge is 0.0533 e. The van der Waals surface area contributed by atoms with E-state index in [0.717, 1.165) is 0 Å². The molecule has 0 N–H and O–H groups in total. The number of hydrogen-bond acceptors (Lipinski definition) is 0. The van der Waals surface area contributed by atoms with Crippen molar-refractivity contribution in [2.24, 2.45) is 0 Å². The summed E-state index contributed by atoms with van der Waals surface area (Å²) in [6, 6.07) is 0. The van der Waals surface area contributed by atoms with E-state index < -0.39 is 0 Å². The van der Waals surface area contributed by atoms with Gasteiger partial charge in [0.05, 0.1) is 0 Å². The molecule has 0 atom stereocenters. The highest BCUT2D eigenvalue weighted by atomic mass is 14.1. The van der Waals surface area contributed by atoms with Crippen LogP contribution in [0, 0.1) is 0 Å². The van der Waals surface area contributed by atoms with Crippen LogP contribution in [0.2, 0.25) is 0 Å².